The summed E-state index contributed by atoms with van der Waals surface area (Å²) in [5, 5.41) is 3.48. The SMILES string of the molecule is COCCCN(C)c1cc(Br)ccc1CNC(C)C. The van der Waals surface area contributed by atoms with Crippen LogP contribution in [-0.2, 0) is 11.3 Å². The number of benzene rings is 1. The predicted octanol–water partition coefficient (Wildman–Crippen LogP) is 3.42. The molecule has 0 saturated carbocycles. The van der Waals surface area contributed by atoms with Crippen molar-refractivity contribution in [2.75, 3.05) is 32.2 Å². The molecule has 1 aromatic rings. The highest BCUT2D eigenvalue weighted by Crippen LogP contribution is 2.24. The third-order valence-corrected chi connectivity index (χ3v) is 3.49. The van der Waals surface area contributed by atoms with Gasteiger partial charge in [-0.25, -0.2) is 0 Å². The Balaban J connectivity index is 2.74. The maximum Gasteiger partial charge on any atom is 0.0479 e. The lowest BCUT2D eigenvalue weighted by atomic mass is 10.1. The van der Waals surface area contributed by atoms with Crippen molar-refractivity contribution in [3.8, 4) is 0 Å². The first kappa shape index (κ1) is 16.5. The number of nitrogens with zero attached hydrogens (tertiary/aromatic N) is 1. The van der Waals surface area contributed by atoms with E-state index >= 15 is 0 Å². The van der Waals surface area contributed by atoms with Gasteiger partial charge >= 0.3 is 0 Å². The minimum atomic E-state index is 0.496. The van der Waals surface area contributed by atoms with Crippen LogP contribution in [-0.4, -0.2) is 33.4 Å². The van der Waals surface area contributed by atoms with Crippen LogP contribution in [0.4, 0.5) is 5.69 Å². The fourth-order valence-corrected chi connectivity index (χ4v) is 2.27. The van der Waals surface area contributed by atoms with Crippen molar-refractivity contribution in [2.24, 2.45) is 0 Å². The number of rotatable bonds is 8. The van der Waals surface area contributed by atoms with E-state index in [9.17, 15) is 0 Å². The number of nitrogens with one attached hydrogen (secondary N) is 1. The van der Waals surface area contributed by atoms with E-state index in [0.717, 1.165) is 30.6 Å². The summed E-state index contributed by atoms with van der Waals surface area (Å²) in [4.78, 5) is 2.29. The summed E-state index contributed by atoms with van der Waals surface area (Å²) in [5.41, 5.74) is 2.61. The van der Waals surface area contributed by atoms with Gasteiger partial charge < -0.3 is 15.0 Å². The van der Waals surface area contributed by atoms with Gasteiger partial charge in [-0.2, -0.15) is 0 Å². The molecule has 0 aromatic heterocycles. The lowest BCUT2D eigenvalue weighted by molar-refractivity contribution is 0.196. The molecule has 0 amide bonds. The molecule has 0 unspecified atom stereocenters. The first-order valence-electron chi connectivity index (χ1n) is 6.76. The van der Waals surface area contributed by atoms with E-state index in [1.807, 2.05) is 0 Å². The Hall–Kier alpha value is -0.580. The molecule has 0 saturated heterocycles. The average molecular weight is 329 g/mol. The molecule has 0 aliphatic carbocycles. The van der Waals surface area contributed by atoms with E-state index in [4.69, 9.17) is 4.74 Å². The van der Waals surface area contributed by atoms with Crippen molar-refractivity contribution >= 4 is 21.6 Å². The summed E-state index contributed by atoms with van der Waals surface area (Å²) in [5.74, 6) is 0. The molecule has 0 aliphatic heterocycles. The zero-order chi connectivity index (χ0) is 14.3. The van der Waals surface area contributed by atoms with Crippen molar-refractivity contribution in [1.29, 1.82) is 0 Å². The molecule has 0 fully saturated rings. The highest BCUT2D eigenvalue weighted by Gasteiger charge is 2.08. The highest BCUT2D eigenvalue weighted by molar-refractivity contribution is 9.10. The van der Waals surface area contributed by atoms with Crippen molar-refractivity contribution in [3.05, 3.63) is 28.2 Å². The van der Waals surface area contributed by atoms with Gasteiger partial charge in [-0.15, -0.1) is 0 Å². The number of anilines is 1. The largest absolute Gasteiger partial charge is 0.385 e. The Labute approximate surface area is 125 Å². The summed E-state index contributed by atoms with van der Waals surface area (Å²) < 4.78 is 6.23. The van der Waals surface area contributed by atoms with Crippen LogP contribution < -0.4 is 10.2 Å². The molecule has 0 radical (unpaired) electrons. The van der Waals surface area contributed by atoms with Gasteiger partial charge in [0.15, 0.2) is 0 Å². The second-order valence-corrected chi connectivity index (χ2v) is 5.99. The second-order valence-electron chi connectivity index (χ2n) is 5.08. The molecule has 0 bridgehead atoms. The minimum Gasteiger partial charge on any atom is -0.385 e. The second kappa shape index (κ2) is 8.56. The van der Waals surface area contributed by atoms with E-state index in [0.29, 0.717) is 6.04 Å². The zero-order valence-corrected chi connectivity index (χ0v) is 14.0. The molecule has 0 atom stereocenters. The van der Waals surface area contributed by atoms with Crippen LogP contribution >= 0.6 is 15.9 Å². The topological polar surface area (TPSA) is 24.5 Å². The maximum atomic E-state index is 5.11. The fourth-order valence-electron chi connectivity index (χ4n) is 1.92. The lowest BCUT2D eigenvalue weighted by Crippen LogP contribution is -2.25. The van der Waals surface area contributed by atoms with Gasteiger partial charge in [0.25, 0.3) is 0 Å². The summed E-state index contributed by atoms with van der Waals surface area (Å²) >= 11 is 3.55. The first-order valence-corrected chi connectivity index (χ1v) is 7.55. The van der Waals surface area contributed by atoms with E-state index in [-0.39, 0.29) is 0 Å². The predicted molar refractivity (Wildman–Crippen MR) is 85.9 cm³/mol. The monoisotopic (exact) mass is 328 g/mol. The lowest BCUT2D eigenvalue weighted by Gasteiger charge is -2.23. The molecule has 3 nitrogen and oxygen atoms in total. The Bertz CT molecular complexity index is 382. The number of hydrogen-bond donors (Lipinski definition) is 1. The molecule has 19 heavy (non-hydrogen) atoms. The Morgan fingerprint density at radius 2 is 2.11 bits per heavy atom. The Kier molecular flexibility index (Phi) is 7.42. The van der Waals surface area contributed by atoms with Crippen molar-refractivity contribution in [3.63, 3.8) is 0 Å². The molecular weight excluding hydrogens is 304 g/mol. The smallest absolute Gasteiger partial charge is 0.0479 e. The first-order chi connectivity index (χ1) is 9.04. The average Bonchev–Trinajstić information content (AvgIpc) is 2.37. The maximum absolute atomic E-state index is 5.11. The van der Waals surface area contributed by atoms with Gasteiger partial charge in [0.05, 0.1) is 0 Å². The van der Waals surface area contributed by atoms with E-state index < -0.39 is 0 Å². The van der Waals surface area contributed by atoms with Crippen molar-refractivity contribution < 1.29 is 4.74 Å². The molecule has 0 spiro atoms. The zero-order valence-electron chi connectivity index (χ0n) is 12.4. The van der Waals surface area contributed by atoms with E-state index in [1.165, 1.54) is 11.3 Å². The minimum absolute atomic E-state index is 0.496. The van der Waals surface area contributed by atoms with Crippen LogP contribution in [0.5, 0.6) is 0 Å². The Morgan fingerprint density at radius 1 is 1.37 bits per heavy atom. The van der Waals surface area contributed by atoms with Crippen LogP contribution in [0.1, 0.15) is 25.8 Å². The van der Waals surface area contributed by atoms with Crippen LogP contribution in [0.15, 0.2) is 22.7 Å². The standard InChI is InChI=1S/C15H25BrN2O/c1-12(2)17-11-13-6-7-14(16)10-15(13)18(3)8-5-9-19-4/h6-7,10,12,17H,5,8-9,11H2,1-4H3. The summed E-state index contributed by atoms with van der Waals surface area (Å²) in [6, 6.07) is 6.96. The van der Waals surface area contributed by atoms with Crippen molar-refractivity contribution in [2.45, 2.75) is 32.9 Å². The summed E-state index contributed by atoms with van der Waals surface area (Å²) in [7, 11) is 3.88. The fraction of sp³-hybridized carbons (Fsp3) is 0.600. The molecule has 1 aromatic carbocycles. The highest BCUT2D eigenvalue weighted by atomic mass is 79.9. The van der Waals surface area contributed by atoms with Crippen LogP contribution in [0.2, 0.25) is 0 Å². The van der Waals surface area contributed by atoms with Crippen LogP contribution in [0.3, 0.4) is 0 Å². The Morgan fingerprint density at radius 3 is 2.74 bits per heavy atom. The molecular formula is C15H25BrN2O. The van der Waals surface area contributed by atoms with Gasteiger partial charge in [-0.1, -0.05) is 35.8 Å². The quantitative estimate of drug-likeness (QED) is 0.740. The van der Waals surface area contributed by atoms with Gasteiger partial charge in [0.1, 0.15) is 0 Å². The van der Waals surface area contributed by atoms with E-state index in [2.05, 4.69) is 65.2 Å². The number of ether oxygens (including phenoxy) is 1. The summed E-state index contributed by atoms with van der Waals surface area (Å²) in [6.07, 6.45) is 1.04. The van der Waals surface area contributed by atoms with Gasteiger partial charge in [-0.05, 0) is 24.1 Å². The molecule has 108 valence electrons. The van der Waals surface area contributed by atoms with Crippen LogP contribution in [0.25, 0.3) is 0 Å². The molecule has 1 rings (SSSR count). The van der Waals surface area contributed by atoms with E-state index in [1.54, 1.807) is 7.11 Å². The van der Waals surface area contributed by atoms with Crippen molar-refractivity contribution in [1.82, 2.24) is 5.32 Å². The number of methoxy groups -OCH3 is 1. The van der Waals surface area contributed by atoms with Gasteiger partial charge in [0.2, 0.25) is 0 Å². The number of halogens is 1. The van der Waals surface area contributed by atoms with Gasteiger partial charge in [-0.3, -0.25) is 0 Å². The normalized spacial score (nSPS) is 11.1. The molecule has 0 aliphatic rings. The van der Waals surface area contributed by atoms with Gasteiger partial charge in [0, 0.05) is 50.1 Å². The summed E-state index contributed by atoms with van der Waals surface area (Å²) in [6.45, 7) is 7.04. The molecule has 1 N–H and O–H groups in total. The molecule has 4 heteroatoms. The third-order valence-electron chi connectivity index (χ3n) is 3.00. The van der Waals surface area contributed by atoms with Crippen LogP contribution in [0, 0.1) is 0 Å². The number of hydrogen-bond acceptors (Lipinski definition) is 3. The molecule has 0 heterocycles. The third kappa shape index (κ3) is 5.93.